The third kappa shape index (κ3) is 5.08. The van der Waals surface area contributed by atoms with Crippen molar-refractivity contribution in [2.45, 2.75) is 41.5 Å². The van der Waals surface area contributed by atoms with Crippen LogP contribution in [-0.2, 0) is 10.5 Å². The van der Waals surface area contributed by atoms with E-state index in [9.17, 15) is 10.1 Å². The first kappa shape index (κ1) is 21.0. The maximum Gasteiger partial charge on any atom is 0.232 e. The molecule has 0 spiro atoms. The van der Waals surface area contributed by atoms with Crippen molar-refractivity contribution in [3.05, 3.63) is 41.5 Å². The molecule has 30 heavy (non-hydrogen) atoms. The molecule has 2 aromatic rings. The first-order valence-electron chi connectivity index (χ1n) is 10.4. The smallest absolute Gasteiger partial charge is 0.232 e. The summed E-state index contributed by atoms with van der Waals surface area (Å²) in [4.78, 5) is 26.1. The average molecular weight is 440 g/mol. The number of benzene rings is 1. The number of thioether (sulfide) groups is 2. The third-order valence-corrected chi connectivity index (χ3v) is 7.35. The first-order valence-corrected chi connectivity index (χ1v) is 12.4. The van der Waals surface area contributed by atoms with Crippen LogP contribution in [-0.4, -0.2) is 52.7 Å². The molecule has 0 saturated carbocycles. The summed E-state index contributed by atoms with van der Waals surface area (Å²) in [6, 6.07) is 12.5. The zero-order valence-electron chi connectivity index (χ0n) is 16.9. The summed E-state index contributed by atoms with van der Waals surface area (Å²) in [5, 5.41) is 11.2. The second kappa shape index (κ2) is 10.2. The van der Waals surface area contributed by atoms with Gasteiger partial charge in [0.15, 0.2) is 0 Å². The van der Waals surface area contributed by atoms with Gasteiger partial charge in [0, 0.05) is 31.9 Å². The van der Waals surface area contributed by atoms with E-state index < -0.39 is 0 Å². The molecule has 0 radical (unpaired) electrons. The number of hydrogen-bond donors (Lipinski definition) is 0. The topological polar surface area (TPSA) is 73.1 Å². The van der Waals surface area contributed by atoms with Crippen LogP contribution in [0.3, 0.4) is 0 Å². The number of aromatic nitrogens is 2. The van der Waals surface area contributed by atoms with Crippen molar-refractivity contribution in [3.8, 4) is 6.07 Å². The van der Waals surface area contributed by atoms with Crippen LogP contribution in [0.2, 0.25) is 0 Å². The summed E-state index contributed by atoms with van der Waals surface area (Å²) in [6.45, 7) is 3.55. The SMILES string of the molecule is N#Cc1c(SCC(=O)N2CCCC2)nc(N2CCCC2)nc1SCc1ccccc1. The molecular weight excluding hydrogens is 414 g/mol. The minimum Gasteiger partial charge on any atom is -0.342 e. The number of anilines is 1. The van der Waals surface area contributed by atoms with Crippen LogP contribution in [0.5, 0.6) is 0 Å². The molecule has 6 nitrogen and oxygen atoms in total. The minimum atomic E-state index is 0.126. The molecule has 1 aromatic heterocycles. The summed E-state index contributed by atoms with van der Waals surface area (Å²) in [6.07, 6.45) is 4.41. The van der Waals surface area contributed by atoms with Crippen LogP contribution in [0.1, 0.15) is 36.8 Å². The van der Waals surface area contributed by atoms with E-state index in [1.807, 2.05) is 23.1 Å². The lowest BCUT2D eigenvalue weighted by Gasteiger charge is -2.19. The minimum absolute atomic E-state index is 0.126. The van der Waals surface area contributed by atoms with E-state index in [4.69, 9.17) is 9.97 Å². The Kier molecular flexibility index (Phi) is 7.13. The zero-order valence-corrected chi connectivity index (χ0v) is 18.6. The Morgan fingerprint density at radius 1 is 0.967 bits per heavy atom. The standard InChI is InChI=1S/C22H25N5OS2/c23-14-18-20(29-15-17-8-2-1-3-9-17)24-22(27-12-6-7-13-27)25-21(18)30-16-19(28)26-10-4-5-11-26/h1-3,8-9H,4-7,10-13,15-16H2. The predicted octanol–water partition coefficient (Wildman–Crippen LogP) is 3.96. The largest absolute Gasteiger partial charge is 0.342 e. The molecule has 0 bridgehead atoms. The quantitative estimate of drug-likeness (QED) is 0.478. The Morgan fingerprint density at radius 2 is 1.60 bits per heavy atom. The van der Waals surface area contributed by atoms with Crippen molar-refractivity contribution in [3.63, 3.8) is 0 Å². The highest BCUT2D eigenvalue weighted by Gasteiger charge is 2.23. The van der Waals surface area contributed by atoms with E-state index in [2.05, 4.69) is 23.1 Å². The van der Waals surface area contributed by atoms with Crippen LogP contribution >= 0.6 is 23.5 Å². The van der Waals surface area contributed by atoms with Crippen molar-refractivity contribution in [2.75, 3.05) is 36.8 Å². The van der Waals surface area contributed by atoms with Gasteiger partial charge in [-0.15, -0.1) is 11.8 Å². The molecular formula is C22H25N5OS2. The van der Waals surface area contributed by atoms with Crippen molar-refractivity contribution in [2.24, 2.45) is 0 Å². The molecule has 4 rings (SSSR count). The molecule has 0 atom stereocenters. The number of amides is 1. The second-order valence-electron chi connectivity index (χ2n) is 7.47. The van der Waals surface area contributed by atoms with Gasteiger partial charge in [0.25, 0.3) is 0 Å². The van der Waals surface area contributed by atoms with Gasteiger partial charge in [-0.2, -0.15) is 5.26 Å². The van der Waals surface area contributed by atoms with Gasteiger partial charge < -0.3 is 9.80 Å². The molecule has 8 heteroatoms. The Bertz CT molecular complexity index is 919. The predicted molar refractivity (Wildman–Crippen MR) is 121 cm³/mol. The monoisotopic (exact) mass is 439 g/mol. The summed E-state index contributed by atoms with van der Waals surface area (Å²) in [5.41, 5.74) is 1.67. The third-order valence-electron chi connectivity index (χ3n) is 5.34. The van der Waals surface area contributed by atoms with Crippen LogP contribution in [0.15, 0.2) is 40.4 Å². The van der Waals surface area contributed by atoms with Gasteiger partial charge in [0.05, 0.1) is 5.75 Å². The molecule has 2 aliphatic heterocycles. The Morgan fingerprint density at radius 3 is 2.27 bits per heavy atom. The second-order valence-corrected chi connectivity index (χ2v) is 9.39. The van der Waals surface area contributed by atoms with Gasteiger partial charge in [-0.25, -0.2) is 9.97 Å². The van der Waals surface area contributed by atoms with E-state index in [0.717, 1.165) is 57.6 Å². The lowest BCUT2D eigenvalue weighted by molar-refractivity contribution is -0.127. The van der Waals surface area contributed by atoms with E-state index in [1.165, 1.54) is 17.3 Å². The number of carbonyl (C=O) groups is 1. The van der Waals surface area contributed by atoms with E-state index >= 15 is 0 Å². The van der Waals surface area contributed by atoms with Gasteiger partial charge >= 0.3 is 0 Å². The maximum atomic E-state index is 12.5. The van der Waals surface area contributed by atoms with Gasteiger partial charge in [-0.05, 0) is 31.2 Å². The molecule has 0 N–H and O–H groups in total. The first-order chi connectivity index (χ1) is 14.7. The molecule has 2 aliphatic rings. The summed E-state index contributed by atoms with van der Waals surface area (Å²) in [5.74, 6) is 1.86. The van der Waals surface area contributed by atoms with Crippen LogP contribution in [0.25, 0.3) is 0 Å². The molecule has 0 unspecified atom stereocenters. The highest BCUT2D eigenvalue weighted by atomic mass is 32.2. The maximum absolute atomic E-state index is 12.5. The Hall–Kier alpha value is -2.24. The van der Waals surface area contributed by atoms with E-state index in [-0.39, 0.29) is 5.91 Å². The van der Waals surface area contributed by atoms with Gasteiger partial charge in [-0.3, -0.25) is 4.79 Å². The number of rotatable bonds is 7. The molecule has 2 saturated heterocycles. The lowest BCUT2D eigenvalue weighted by atomic mass is 10.2. The highest BCUT2D eigenvalue weighted by molar-refractivity contribution is 8.00. The number of likely N-dealkylation sites (tertiary alicyclic amines) is 1. The highest BCUT2D eigenvalue weighted by Crippen LogP contribution is 2.33. The summed E-state index contributed by atoms with van der Waals surface area (Å²) >= 11 is 2.93. The Balaban J connectivity index is 1.57. The lowest BCUT2D eigenvalue weighted by Crippen LogP contribution is -2.29. The van der Waals surface area contributed by atoms with E-state index in [0.29, 0.717) is 27.3 Å². The molecule has 2 fully saturated rings. The van der Waals surface area contributed by atoms with Gasteiger partial charge in [0.2, 0.25) is 11.9 Å². The number of hydrogen-bond acceptors (Lipinski definition) is 7. The normalized spacial score (nSPS) is 16.1. The summed E-state index contributed by atoms with van der Waals surface area (Å²) < 4.78 is 0. The number of nitrogens with zero attached hydrogens (tertiary/aromatic N) is 5. The number of carbonyl (C=O) groups excluding carboxylic acids is 1. The van der Waals surface area contributed by atoms with Crippen LogP contribution in [0, 0.1) is 11.3 Å². The van der Waals surface area contributed by atoms with Gasteiger partial charge in [0.1, 0.15) is 21.7 Å². The van der Waals surface area contributed by atoms with E-state index in [1.54, 1.807) is 11.8 Å². The molecule has 156 valence electrons. The molecule has 3 heterocycles. The zero-order chi connectivity index (χ0) is 20.8. The van der Waals surface area contributed by atoms with Gasteiger partial charge in [-0.1, -0.05) is 42.1 Å². The molecule has 1 aromatic carbocycles. The summed E-state index contributed by atoms with van der Waals surface area (Å²) in [7, 11) is 0. The van der Waals surface area contributed by atoms with Crippen molar-refractivity contribution in [1.82, 2.24) is 14.9 Å². The fraction of sp³-hybridized carbons (Fsp3) is 0.455. The van der Waals surface area contributed by atoms with Crippen molar-refractivity contribution < 1.29 is 4.79 Å². The fourth-order valence-electron chi connectivity index (χ4n) is 3.69. The van der Waals surface area contributed by atoms with Crippen molar-refractivity contribution in [1.29, 1.82) is 5.26 Å². The van der Waals surface area contributed by atoms with Crippen LogP contribution < -0.4 is 4.90 Å². The van der Waals surface area contributed by atoms with Crippen molar-refractivity contribution >= 4 is 35.4 Å². The molecule has 1 amide bonds. The number of nitriles is 1. The van der Waals surface area contributed by atoms with Crippen LogP contribution in [0.4, 0.5) is 5.95 Å². The Labute approximate surface area is 186 Å². The molecule has 0 aliphatic carbocycles. The fourth-order valence-corrected chi connectivity index (χ4v) is 5.56. The average Bonchev–Trinajstić information content (AvgIpc) is 3.51.